The quantitative estimate of drug-likeness (QED) is 0.740. The average Bonchev–Trinajstić information content (AvgIpc) is 2.15. The Morgan fingerprint density at radius 1 is 1.33 bits per heavy atom. The summed E-state index contributed by atoms with van der Waals surface area (Å²) in [6.07, 6.45) is 0. The van der Waals surface area contributed by atoms with E-state index in [1.807, 2.05) is 6.07 Å². The molecule has 1 aromatic carbocycles. The minimum Gasteiger partial charge on any atom is -0.507 e. The largest absolute Gasteiger partial charge is 0.507 e. The molecular formula is C12H17NO2. The Hall–Kier alpha value is -1.51. The Morgan fingerprint density at radius 3 is 2.40 bits per heavy atom. The highest BCUT2D eigenvalue weighted by atomic mass is 16.3. The van der Waals surface area contributed by atoms with Crippen molar-refractivity contribution in [1.29, 1.82) is 0 Å². The van der Waals surface area contributed by atoms with Gasteiger partial charge in [0.2, 0.25) is 0 Å². The Bertz CT molecular complexity index is 378. The van der Waals surface area contributed by atoms with Crippen molar-refractivity contribution in [3.63, 3.8) is 0 Å². The molecule has 15 heavy (non-hydrogen) atoms. The topological polar surface area (TPSA) is 49.3 Å². The number of hydrogen-bond donors (Lipinski definition) is 2. The fourth-order valence-electron chi connectivity index (χ4n) is 1.32. The van der Waals surface area contributed by atoms with Crippen LogP contribution in [0.4, 0.5) is 0 Å². The van der Waals surface area contributed by atoms with Crippen LogP contribution in [0.25, 0.3) is 0 Å². The lowest BCUT2D eigenvalue weighted by molar-refractivity contribution is 0.0960. The molecule has 0 unspecified atom stereocenters. The summed E-state index contributed by atoms with van der Waals surface area (Å²) in [4.78, 5) is 11.4. The van der Waals surface area contributed by atoms with Gasteiger partial charge in [0.25, 0.3) is 5.91 Å². The Kier molecular flexibility index (Phi) is 3.03. The third-order valence-electron chi connectivity index (χ3n) is 2.33. The molecule has 3 heteroatoms. The predicted octanol–water partition coefficient (Wildman–Crippen LogP) is 2.05. The lowest BCUT2D eigenvalue weighted by Crippen LogP contribution is -2.19. The molecule has 1 rings (SSSR count). The summed E-state index contributed by atoms with van der Waals surface area (Å²) in [5, 5.41) is 12.0. The number of amides is 1. The van der Waals surface area contributed by atoms with Crippen LogP contribution in [0.3, 0.4) is 0 Å². The monoisotopic (exact) mass is 207 g/mol. The highest BCUT2D eigenvalue weighted by Gasteiger charge is 2.17. The van der Waals surface area contributed by atoms with Gasteiger partial charge in [0, 0.05) is 7.05 Å². The fraction of sp³-hybridized carbons (Fsp3) is 0.417. The maximum atomic E-state index is 11.4. The summed E-state index contributed by atoms with van der Waals surface area (Å²) in [5.74, 6) is -0.249. The number of aromatic hydroxyl groups is 1. The predicted molar refractivity (Wildman–Crippen MR) is 60.2 cm³/mol. The number of rotatable bonds is 1. The molecule has 0 saturated heterocycles. The zero-order valence-electron chi connectivity index (χ0n) is 9.59. The molecular weight excluding hydrogens is 190 g/mol. The number of benzene rings is 1. The van der Waals surface area contributed by atoms with Gasteiger partial charge in [-0.25, -0.2) is 0 Å². The van der Waals surface area contributed by atoms with Crippen molar-refractivity contribution in [2.75, 3.05) is 7.05 Å². The Morgan fingerprint density at radius 2 is 1.93 bits per heavy atom. The SMILES string of the molecule is CNC(=O)c1cc(C(C)(C)C)ccc1O. The third-order valence-corrected chi connectivity index (χ3v) is 2.33. The minimum absolute atomic E-state index is 0.0161. The normalized spacial score (nSPS) is 11.2. The maximum Gasteiger partial charge on any atom is 0.254 e. The van der Waals surface area contributed by atoms with Crippen molar-refractivity contribution >= 4 is 5.91 Å². The minimum atomic E-state index is -0.265. The molecule has 0 aliphatic rings. The molecule has 2 N–H and O–H groups in total. The fourth-order valence-corrected chi connectivity index (χ4v) is 1.32. The van der Waals surface area contributed by atoms with E-state index in [0.29, 0.717) is 5.56 Å². The lowest BCUT2D eigenvalue weighted by Gasteiger charge is -2.19. The molecule has 0 fully saturated rings. The highest BCUT2D eigenvalue weighted by Crippen LogP contribution is 2.27. The Labute approximate surface area is 90.1 Å². The van der Waals surface area contributed by atoms with Gasteiger partial charge in [0.15, 0.2) is 0 Å². The molecule has 1 amide bonds. The third kappa shape index (κ3) is 2.49. The Balaban J connectivity index is 3.23. The van der Waals surface area contributed by atoms with Gasteiger partial charge >= 0.3 is 0 Å². The van der Waals surface area contributed by atoms with Crippen molar-refractivity contribution in [3.8, 4) is 5.75 Å². The van der Waals surface area contributed by atoms with Gasteiger partial charge in [-0.1, -0.05) is 26.8 Å². The summed E-state index contributed by atoms with van der Waals surface area (Å²) >= 11 is 0. The van der Waals surface area contributed by atoms with Crippen LogP contribution in [0.2, 0.25) is 0 Å². The summed E-state index contributed by atoms with van der Waals surface area (Å²) in [6, 6.07) is 5.13. The molecule has 0 saturated carbocycles. The van der Waals surface area contributed by atoms with Crippen LogP contribution in [-0.4, -0.2) is 18.1 Å². The molecule has 0 aliphatic heterocycles. The zero-order valence-corrected chi connectivity index (χ0v) is 9.59. The van der Waals surface area contributed by atoms with E-state index < -0.39 is 0 Å². The van der Waals surface area contributed by atoms with Crippen molar-refractivity contribution in [2.45, 2.75) is 26.2 Å². The second kappa shape index (κ2) is 3.93. The molecule has 0 aromatic heterocycles. The molecule has 0 heterocycles. The van der Waals surface area contributed by atoms with Gasteiger partial charge in [0.05, 0.1) is 5.56 Å². The molecule has 0 spiro atoms. The van der Waals surface area contributed by atoms with Crippen LogP contribution < -0.4 is 5.32 Å². The average molecular weight is 207 g/mol. The molecule has 3 nitrogen and oxygen atoms in total. The van der Waals surface area contributed by atoms with Gasteiger partial charge in [-0.3, -0.25) is 4.79 Å². The summed E-state index contributed by atoms with van der Waals surface area (Å²) in [6.45, 7) is 6.19. The van der Waals surface area contributed by atoms with E-state index in [4.69, 9.17) is 0 Å². The second-order valence-electron chi connectivity index (χ2n) is 4.56. The zero-order chi connectivity index (χ0) is 11.6. The van der Waals surface area contributed by atoms with Gasteiger partial charge < -0.3 is 10.4 Å². The lowest BCUT2D eigenvalue weighted by atomic mass is 9.86. The van der Waals surface area contributed by atoms with E-state index >= 15 is 0 Å². The first-order chi connectivity index (χ1) is 6.86. The van der Waals surface area contributed by atoms with Gasteiger partial charge in [-0.2, -0.15) is 0 Å². The molecule has 1 aromatic rings. The van der Waals surface area contributed by atoms with Crippen molar-refractivity contribution < 1.29 is 9.90 Å². The molecule has 0 aliphatic carbocycles. The summed E-state index contributed by atoms with van der Waals surface area (Å²) in [5.41, 5.74) is 1.32. The van der Waals surface area contributed by atoms with Gasteiger partial charge in [0.1, 0.15) is 5.75 Å². The molecule has 0 atom stereocenters. The summed E-state index contributed by atoms with van der Waals surface area (Å²) < 4.78 is 0. The standard InChI is InChI=1S/C12H17NO2/c1-12(2,3)8-5-6-10(14)9(7-8)11(15)13-4/h5-7,14H,1-4H3,(H,13,15). The first kappa shape index (κ1) is 11.6. The van der Waals surface area contributed by atoms with Crippen LogP contribution >= 0.6 is 0 Å². The van der Waals surface area contributed by atoms with Crippen LogP contribution in [0.15, 0.2) is 18.2 Å². The van der Waals surface area contributed by atoms with Crippen LogP contribution in [0.5, 0.6) is 5.75 Å². The number of carbonyl (C=O) groups is 1. The van der Waals surface area contributed by atoms with Crippen LogP contribution in [-0.2, 0) is 5.41 Å². The second-order valence-corrected chi connectivity index (χ2v) is 4.56. The smallest absolute Gasteiger partial charge is 0.254 e. The number of phenols is 1. The van der Waals surface area contributed by atoms with Crippen molar-refractivity contribution in [3.05, 3.63) is 29.3 Å². The number of carbonyl (C=O) groups excluding carboxylic acids is 1. The van der Waals surface area contributed by atoms with Crippen molar-refractivity contribution in [1.82, 2.24) is 5.32 Å². The van der Waals surface area contributed by atoms with Gasteiger partial charge in [-0.05, 0) is 23.1 Å². The van der Waals surface area contributed by atoms with E-state index in [-0.39, 0.29) is 17.1 Å². The molecule has 82 valence electrons. The number of phenolic OH excluding ortho intramolecular Hbond substituents is 1. The van der Waals surface area contributed by atoms with Crippen LogP contribution in [0, 0.1) is 0 Å². The number of hydrogen-bond acceptors (Lipinski definition) is 2. The van der Waals surface area contributed by atoms with Crippen molar-refractivity contribution in [2.24, 2.45) is 0 Å². The van der Waals surface area contributed by atoms with Gasteiger partial charge in [-0.15, -0.1) is 0 Å². The first-order valence-corrected chi connectivity index (χ1v) is 4.92. The highest BCUT2D eigenvalue weighted by molar-refractivity contribution is 5.96. The van der Waals surface area contributed by atoms with E-state index in [0.717, 1.165) is 5.56 Å². The number of nitrogens with one attached hydrogen (secondary N) is 1. The molecule has 0 radical (unpaired) electrons. The van der Waals surface area contributed by atoms with E-state index in [1.165, 1.54) is 0 Å². The van der Waals surface area contributed by atoms with Crippen LogP contribution in [0.1, 0.15) is 36.7 Å². The maximum absolute atomic E-state index is 11.4. The summed E-state index contributed by atoms with van der Waals surface area (Å²) in [7, 11) is 1.55. The van der Waals surface area contributed by atoms with E-state index in [1.54, 1.807) is 19.2 Å². The van der Waals surface area contributed by atoms with E-state index in [2.05, 4.69) is 26.1 Å². The first-order valence-electron chi connectivity index (χ1n) is 4.92. The molecule has 0 bridgehead atoms. The van der Waals surface area contributed by atoms with E-state index in [9.17, 15) is 9.90 Å².